The van der Waals surface area contributed by atoms with Crippen molar-refractivity contribution in [1.82, 2.24) is 10.2 Å². The lowest BCUT2D eigenvalue weighted by Gasteiger charge is -2.27. The lowest BCUT2D eigenvalue weighted by Crippen LogP contribution is -2.46. The molecule has 0 saturated heterocycles. The van der Waals surface area contributed by atoms with Crippen LogP contribution in [-0.2, 0) is 0 Å². The molecule has 0 atom stereocenters. The maximum Gasteiger partial charge on any atom is 0.317 e. The summed E-state index contributed by atoms with van der Waals surface area (Å²) in [5.41, 5.74) is 0.161. The molecule has 2 amide bonds. The minimum absolute atomic E-state index is 0.0833. The van der Waals surface area contributed by atoms with Gasteiger partial charge in [-0.3, -0.25) is 0 Å². The number of hydrogen-bond acceptors (Lipinski definition) is 1. The van der Waals surface area contributed by atoms with Gasteiger partial charge in [-0.25, -0.2) is 4.79 Å². The zero-order valence-corrected chi connectivity index (χ0v) is 8.18. The van der Waals surface area contributed by atoms with Crippen LogP contribution in [0, 0.1) is 0 Å². The number of nitrogens with one attached hydrogen (secondary N) is 1. The van der Waals surface area contributed by atoms with Crippen molar-refractivity contribution in [1.29, 1.82) is 0 Å². The van der Waals surface area contributed by atoms with Crippen molar-refractivity contribution in [3.63, 3.8) is 0 Å². The van der Waals surface area contributed by atoms with Crippen LogP contribution in [0.15, 0.2) is 0 Å². The van der Waals surface area contributed by atoms with Gasteiger partial charge in [-0.2, -0.15) is 0 Å². The molecule has 1 fully saturated rings. The quantitative estimate of drug-likeness (QED) is 0.685. The normalized spacial score (nSPS) is 18.6. The third-order valence-corrected chi connectivity index (χ3v) is 2.51. The highest BCUT2D eigenvalue weighted by atomic mass is 16.2. The van der Waals surface area contributed by atoms with Crippen molar-refractivity contribution >= 4 is 6.03 Å². The van der Waals surface area contributed by atoms with Gasteiger partial charge in [0.05, 0.1) is 0 Å². The maximum absolute atomic E-state index is 11.5. The van der Waals surface area contributed by atoms with E-state index in [1.54, 1.807) is 0 Å². The lowest BCUT2D eigenvalue weighted by atomic mass is 10.3. The summed E-state index contributed by atoms with van der Waals surface area (Å²) in [6.07, 6.45) is 2.30. The van der Waals surface area contributed by atoms with Crippen LogP contribution in [0.2, 0.25) is 0 Å². The minimum atomic E-state index is 0.0833. The first-order chi connectivity index (χ1) is 5.64. The molecule has 1 aliphatic carbocycles. The molecule has 0 aromatic carbocycles. The molecule has 1 N–H and O–H groups in total. The Bertz CT molecular complexity index is 175. The Kier molecular flexibility index (Phi) is 2.60. The van der Waals surface area contributed by atoms with Gasteiger partial charge in [-0.05, 0) is 33.6 Å². The second kappa shape index (κ2) is 3.33. The van der Waals surface area contributed by atoms with E-state index < -0.39 is 0 Å². The molecule has 1 saturated carbocycles. The highest BCUT2D eigenvalue weighted by Gasteiger charge is 2.44. The standard InChI is InChI=1S/C9H18N2O/c1-4-10-8(12)11(5-2)9(3)6-7-9/h4-7H2,1-3H3,(H,10,12). The number of amides is 2. The molecule has 0 unspecified atom stereocenters. The van der Waals surface area contributed by atoms with E-state index in [1.807, 2.05) is 18.7 Å². The molecule has 0 aromatic heterocycles. The molecular weight excluding hydrogens is 152 g/mol. The summed E-state index contributed by atoms with van der Waals surface area (Å²) in [7, 11) is 0. The van der Waals surface area contributed by atoms with Crippen molar-refractivity contribution in [3.05, 3.63) is 0 Å². The minimum Gasteiger partial charge on any atom is -0.338 e. The van der Waals surface area contributed by atoms with Crippen LogP contribution in [0.4, 0.5) is 4.79 Å². The fourth-order valence-corrected chi connectivity index (χ4v) is 1.47. The molecule has 3 heteroatoms. The maximum atomic E-state index is 11.5. The molecule has 1 aliphatic rings. The van der Waals surface area contributed by atoms with Crippen molar-refractivity contribution in [2.45, 2.75) is 39.2 Å². The van der Waals surface area contributed by atoms with E-state index in [0.717, 1.165) is 19.4 Å². The van der Waals surface area contributed by atoms with Gasteiger partial charge in [-0.1, -0.05) is 0 Å². The van der Waals surface area contributed by atoms with E-state index in [0.29, 0.717) is 6.54 Å². The molecule has 0 heterocycles. The number of urea groups is 1. The SMILES string of the molecule is CCNC(=O)N(CC)C1(C)CC1. The van der Waals surface area contributed by atoms with E-state index in [2.05, 4.69) is 12.2 Å². The molecule has 1 rings (SSSR count). The Labute approximate surface area is 74.1 Å². The molecule has 12 heavy (non-hydrogen) atoms. The van der Waals surface area contributed by atoms with Gasteiger partial charge in [-0.15, -0.1) is 0 Å². The van der Waals surface area contributed by atoms with E-state index in [-0.39, 0.29) is 11.6 Å². The first-order valence-corrected chi connectivity index (χ1v) is 4.69. The molecule has 70 valence electrons. The number of nitrogens with zero attached hydrogens (tertiary/aromatic N) is 1. The molecule has 0 bridgehead atoms. The molecule has 3 nitrogen and oxygen atoms in total. The zero-order chi connectivity index (χ0) is 9.19. The van der Waals surface area contributed by atoms with Gasteiger partial charge in [0.15, 0.2) is 0 Å². The van der Waals surface area contributed by atoms with Crippen LogP contribution in [-0.4, -0.2) is 29.6 Å². The third-order valence-electron chi connectivity index (χ3n) is 2.51. The highest BCUT2D eigenvalue weighted by Crippen LogP contribution is 2.40. The fraction of sp³-hybridized carbons (Fsp3) is 0.889. The van der Waals surface area contributed by atoms with Crippen LogP contribution in [0.1, 0.15) is 33.6 Å². The molecular formula is C9H18N2O. The lowest BCUT2D eigenvalue weighted by molar-refractivity contribution is 0.176. The van der Waals surface area contributed by atoms with Gasteiger partial charge >= 0.3 is 6.03 Å². The molecule has 0 spiro atoms. The van der Waals surface area contributed by atoms with Crippen LogP contribution in [0.5, 0.6) is 0 Å². The van der Waals surface area contributed by atoms with Crippen molar-refractivity contribution in [3.8, 4) is 0 Å². The predicted octanol–water partition coefficient (Wildman–Crippen LogP) is 1.59. The van der Waals surface area contributed by atoms with Crippen LogP contribution in [0.3, 0.4) is 0 Å². The summed E-state index contributed by atoms with van der Waals surface area (Å²) in [4.78, 5) is 13.4. The Hall–Kier alpha value is -0.730. The Balaban J connectivity index is 2.50. The van der Waals surface area contributed by atoms with E-state index in [9.17, 15) is 4.79 Å². The van der Waals surface area contributed by atoms with Crippen molar-refractivity contribution in [2.75, 3.05) is 13.1 Å². The Morgan fingerprint density at radius 3 is 2.42 bits per heavy atom. The van der Waals surface area contributed by atoms with Gasteiger partial charge in [0.25, 0.3) is 0 Å². The summed E-state index contributed by atoms with van der Waals surface area (Å²) in [6.45, 7) is 7.64. The topological polar surface area (TPSA) is 32.3 Å². The van der Waals surface area contributed by atoms with Crippen LogP contribution < -0.4 is 5.32 Å². The average Bonchev–Trinajstić information content (AvgIpc) is 2.70. The molecule has 0 aromatic rings. The Morgan fingerprint density at radius 1 is 1.50 bits per heavy atom. The van der Waals surface area contributed by atoms with E-state index >= 15 is 0 Å². The predicted molar refractivity (Wildman–Crippen MR) is 49.1 cm³/mol. The van der Waals surface area contributed by atoms with Crippen molar-refractivity contribution < 1.29 is 4.79 Å². The van der Waals surface area contributed by atoms with Crippen LogP contribution >= 0.6 is 0 Å². The highest BCUT2D eigenvalue weighted by molar-refractivity contribution is 5.75. The first-order valence-electron chi connectivity index (χ1n) is 4.69. The smallest absolute Gasteiger partial charge is 0.317 e. The summed E-state index contributed by atoms with van der Waals surface area (Å²) >= 11 is 0. The molecule has 0 radical (unpaired) electrons. The number of carbonyl (C=O) groups excluding carboxylic acids is 1. The van der Waals surface area contributed by atoms with E-state index in [1.165, 1.54) is 0 Å². The van der Waals surface area contributed by atoms with Gasteiger partial charge < -0.3 is 10.2 Å². The number of rotatable bonds is 3. The van der Waals surface area contributed by atoms with Crippen molar-refractivity contribution in [2.24, 2.45) is 0 Å². The summed E-state index contributed by atoms with van der Waals surface area (Å²) < 4.78 is 0. The second-order valence-corrected chi connectivity index (χ2v) is 3.58. The number of hydrogen-bond donors (Lipinski definition) is 1. The molecule has 0 aliphatic heterocycles. The third kappa shape index (κ3) is 1.71. The van der Waals surface area contributed by atoms with E-state index in [4.69, 9.17) is 0 Å². The van der Waals surface area contributed by atoms with Gasteiger partial charge in [0, 0.05) is 18.6 Å². The summed E-state index contributed by atoms with van der Waals surface area (Å²) in [5.74, 6) is 0. The first kappa shape index (κ1) is 9.36. The monoisotopic (exact) mass is 170 g/mol. The van der Waals surface area contributed by atoms with Gasteiger partial charge in [0.2, 0.25) is 0 Å². The number of carbonyl (C=O) groups is 1. The van der Waals surface area contributed by atoms with Crippen LogP contribution in [0.25, 0.3) is 0 Å². The van der Waals surface area contributed by atoms with Gasteiger partial charge in [0.1, 0.15) is 0 Å². The average molecular weight is 170 g/mol. The zero-order valence-electron chi connectivity index (χ0n) is 8.18. The second-order valence-electron chi connectivity index (χ2n) is 3.58. The summed E-state index contributed by atoms with van der Waals surface area (Å²) in [6, 6.07) is 0.0833. The largest absolute Gasteiger partial charge is 0.338 e. The fourth-order valence-electron chi connectivity index (χ4n) is 1.47. The Morgan fingerprint density at radius 2 is 2.08 bits per heavy atom. The summed E-state index contributed by atoms with van der Waals surface area (Å²) in [5, 5.41) is 2.83.